The number of amides is 2. The lowest BCUT2D eigenvalue weighted by Gasteiger charge is -2.42. The summed E-state index contributed by atoms with van der Waals surface area (Å²) in [6.07, 6.45) is -3.74. The van der Waals surface area contributed by atoms with Crippen molar-refractivity contribution < 1.29 is 45.1 Å². The van der Waals surface area contributed by atoms with Gasteiger partial charge in [0.2, 0.25) is 11.8 Å². The lowest BCUT2D eigenvalue weighted by atomic mass is 9.69. The van der Waals surface area contributed by atoms with Crippen LogP contribution in [0.15, 0.2) is 36.9 Å². The van der Waals surface area contributed by atoms with Crippen molar-refractivity contribution in [2.45, 2.75) is 55.1 Å². The molecule has 0 bridgehead atoms. The van der Waals surface area contributed by atoms with Crippen LogP contribution in [0.25, 0.3) is 0 Å². The Morgan fingerprint density at radius 1 is 1.19 bits per heavy atom. The number of hydrogen-bond acceptors (Lipinski definition) is 5. The third-order valence-corrected chi connectivity index (χ3v) is 5.74. The number of ether oxygens (including phenoxy) is 1. The van der Waals surface area contributed by atoms with E-state index in [1.165, 1.54) is 0 Å². The Labute approximate surface area is 211 Å². The smallest absolute Gasteiger partial charge is 0.406 e. The van der Waals surface area contributed by atoms with Crippen LogP contribution in [0.5, 0.6) is 5.75 Å². The summed E-state index contributed by atoms with van der Waals surface area (Å²) in [5.74, 6) is -8.56. The number of nitrogens with one attached hydrogen (secondary N) is 1. The second-order valence-corrected chi connectivity index (χ2v) is 8.52. The van der Waals surface area contributed by atoms with E-state index in [4.69, 9.17) is 19.4 Å². The van der Waals surface area contributed by atoms with E-state index < -0.39 is 71.3 Å². The van der Waals surface area contributed by atoms with E-state index in [2.05, 4.69) is 20.0 Å². The summed E-state index contributed by atoms with van der Waals surface area (Å²) >= 11 is 5.31. The van der Waals surface area contributed by atoms with E-state index in [1.54, 1.807) is 0 Å². The molecule has 3 rings (SSSR count). The minimum atomic E-state index is -5.18. The van der Waals surface area contributed by atoms with Crippen molar-refractivity contribution in [3.8, 4) is 5.75 Å². The molecule has 1 saturated carbocycles. The average Bonchev–Trinajstić information content (AvgIpc) is 2.81. The van der Waals surface area contributed by atoms with Gasteiger partial charge in [-0.15, -0.1) is 13.2 Å². The first-order valence-electron chi connectivity index (χ1n) is 10.5. The second-order valence-electron chi connectivity index (χ2n) is 8.13. The van der Waals surface area contributed by atoms with Gasteiger partial charge in [0, 0.05) is 42.9 Å². The summed E-state index contributed by atoms with van der Waals surface area (Å²) in [5, 5.41) is 2.39. The predicted octanol–water partition coefficient (Wildman–Crippen LogP) is 4.10. The van der Waals surface area contributed by atoms with Gasteiger partial charge in [-0.05, 0) is 25.0 Å². The van der Waals surface area contributed by atoms with Crippen molar-refractivity contribution in [2.24, 2.45) is 0 Å². The summed E-state index contributed by atoms with van der Waals surface area (Å²) in [6, 6.07) is 0.568. The highest BCUT2D eigenvalue weighted by molar-refractivity contribution is 6.37. The molecule has 1 N–H and O–H groups in total. The number of aromatic nitrogens is 2. The first kappa shape index (κ1) is 28.5. The molecule has 16 heteroatoms. The number of benzene rings is 1. The predicted molar refractivity (Wildman–Crippen MR) is 116 cm³/mol. The first-order chi connectivity index (χ1) is 17.1. The molecular formula is C21H17BClF7N4O3. The Balaban J connectivity index is 2.10. The highest BCUT2D eigenvalue weighted by Gasteiger charge is 2.48. The third-order valence-electron chi connectivity index (χ3n) is 5.55. The molecule has 2 aromatic rings. The minimum absolute atomic E-state index is 0.100. The van der Waals surface area contributed by atoms with Crippen LogP contribution < -0.4 is 15.0 Å². The number of carbonyl (C=O) groups excluding carboxylic acids is 2. The molecule has 0 spiro atoms. The van der Waals surface area contributed by atoms with Gasteiger partial charge < -0.3 is 10.1 Å². The van der Waals surface area contributed by atoms with Crippen LogP contribution in [0.4, 0.5) is 36.4 Å². The van der Waals surface area contributed by atoms with Crippen LogP contribution in [0.3, 0.4) is 0 Å². The zero-order chi connectivity index (χ0) is 27.6. The number of carbonyl (C=O) groups is 2. The topological polar surface area (TPSA) is 84.4 Å². The largest absolute Gasteiger partial charge is 0.573 e. The van der Waals surface area contributed by atoms with Gasteiger partial charge in [0.1, 0.15) is 25.4 Å². The van der Waals surface area contributed by atoms with Crippen molar-refractivity contribution in [3.05, 3.63) is 48.3 Å². The van der Waals surface area contributed by atoms with Crippen LogP contribution in [0.1, 0.15) is 31.2 Å². The number of anilines is 1. The lowest BCUT2D eigenvalue weighted by Crippen LogP contribution is -2.62. The molecule has 1 aromatic heterocycles. The first-order valence-corrected chi connectivity index (χ1v) is 11.0. The fraction of sp³-hybridized carbons (Fsp3) is 0.429. The molecule has 0 aliphatic heterocycles. The van der Waals surface area contributed by atoms with Crippen LogP contribution in [0.2, 0.25) is 0 Å². The molecule has 0 unspecified atom stereocenters. The average molecular weight is 553 g/mol. The molecule has 37 heavy (non-hydrogen) atoms. The SMILES string of the molecule is [B][C@@](C(=O)NC1CCC(F)(F)CC1)(c1cncnc1)N(C(=O)[C@H](F)Cl)c1ccc(OC(F)(F)F)cc1F. The molecule has 2 radical (unpaired) electrons. The quantitative estimate of drug-likeness (QED) is 0.318. The maximum absolute atomic E-state index is 15.0. The van der Waals surface area contributed by atoms with Crippen molar-refractivity contribution in [2.75, 3.05) is 4.90 Å². The van der Waals surface area contributed by atoms with Crippen LogP contribution in [-0.4, -0.2) is 53.6 Å². The van der Waals surface area contributed by atoms with E-state index in [9.17, 15) is 35.9 Å². The number of hydrogen-bond donors (Lipinski definition) is 1. The normalized spacial score (nSPS) is 18.4. The number of rotatable bonds is 7. The number of halogens is 8. The van der Waals surface area contributed by atoms with Gasteiger partial charge in [-0.2, -0.15) is 0 Å². The van der Waals surface area contributed by atoms with Gasteiger partial charge in [0.05, 0.1) is 5.69 Å². The molecule has 1 heterocycles. The van der Waals surface area contributed by atoms with Crippen LogP contribution >= 0.6 is 11.6 Å². The highest BCUT2D eigenvalue weighted by Crippen LogP contribution is 2.38. The maximum atomic E-state index is 15.0. The number of alkyl halides is 7. The molecule has 2 atom stereocenters. The fourth-order valence-corrected chi connectivity index (χ4v) is 3.88. The molecule has 1 fully saturated rings. The molecule has 1 aliphatic rings. The van der Waals surface area contributed by atoms with Gasteiger partial charge in [-0.1, -0.05) is 11.6 Å². The maximum Gasteiger partial charge on any atom is 0.573 e. The zero-order valence-electron chi connectivity index (χ0n) is 18.6. The Hall–Kier alpha value is -3.10. The van der Waals surface area contributed by atoms with Gasteiger partial charge >= 0.3 is 6.36 Å². The molecular weight excluding hydrogens is 536 g/mol. The zero-order valence-corrected chi connectivity index (χ0v) is 19.4. The summed E-state index contributed by atoms with van der Waals surface area (Å²) in [7, 11) is 6.32. The number of nitrogens with zero attached hydrogens (tertiary/aromatic N) is 3. The molecule has 2 amide bonds. The monoisotopic (exact) mass is 552 g/mol. The van der Waals surface area contributed by atoms with Crippen molar-refractivity contribution >= 4 is 36.9 Å². The Kier molecular flexibility index (Phi) is 8.25. The minimum Gasteiger partial charge on any atom is -0.406 e. The van der Waals surface area contributed by atoms with E-state index >= 15 is 4.39 Å². The second kappa shape index (κ2) is 10.7. The van der Waals surface area contributed by atoms with E-state index in [-0.39, 0.29) is 29.4 Å². The van der Waals surface area contributed by atoms with Crippen molar-refractivity contribution in [1.29, 1.82) is 0 Å². The fourth-order valence-electron chi connectivity index (χ4n) is 3.78. The highest BCUT2D eigenvalue weighted by atomic mass is 35.5. The van der Waals surface area contributed by atoms with Crippen molar-refractivity contribution in [1.82, 2.24) is 15.3 Å². The molecule has 198 valence electrons. The third kappa shape index (κ3) is 6.62. The molecule has 7 nitrogen and oxygen atoms in total. The Bertz CT molecular complexity index is 1130. The van der Waals surface area contributed by atoms with Gasteiger partial charge in [0.15, 0.2) is 5.82 Å². The molecule has 0 saturated heterocycles. The van der Waals surface area contributed by atoms with E-state index in [1.807, 2.05) is 0 Å². The van der Waals surface area contributed by atoms with Crippen molar-refractivity contribution in [3.63, 3.8) is 0 Å². The Morgan fingerprint density at radius 2 is 1.78 bits per heavy atom. The van der Waals surface area contributed by atoms with Gasteiger partial charge in [-0.25, -0.2) is 27.5 Å². The van der Waals surface area contributed by atoms with E-state index in [0.29, 0.717) is 12.1 Å². The van der Waals surface area contributed by atoms with Crippen LogP contribution in [-0.2, 0) is 15.0 Å². The Morgan fingerprint density at radius 3 is 2.30 bits per heavy atom. The lowest BCUT2D eigenvalue weighted by molar-refractivity contribution is -0.274. The summed E-state index contributed by atoms with van der Waals surface area (Å²) in [6.45, 7) is 0. The van der Waals surface area contributed by atoms with Crippen LogP contribution in [0, 0.1) is 5.82 Å². The van der Waals surface area contributed by atoms with E-state index in [0.717, 1.165) is 18.7 Å². The molecule has 1 aromatic carbocycles. The summed E-state index contributed by atoms with van der Waals surface area (Å²) in [5.41, 5.74) is -7.04. The standard InChI is InChI=1S/C21H17BClF7N4O3/c22-20(11-8-31-10-32-9-11,18(36)33-12-3-5-19(26,27)6-4-12)34(17(35)16(23)25)15-2-1-13(7-14(15)24)37-21(28,29)30/h1-2,7-10,12,16H,3-6H2,(H,33,36)/t16-,20-/m0/s1. The van der Waals surface area contributed by atoms with Gasteiger partial charge in [0.25, 0.3) is 11.5 Å². The molecule has 1 aliphatic carbocycles. The summed E-state index contributed by atoms with van der Waals surface area (Å²) in [4.78, 5) is 33.8. The van der Waals surface area contributed by atoms with Gasteiger partial charge in [-0.3, -0.25) is 14.5 Å². The summed E-state index contributed by atoms with van der Waals surface area (Å²) < 4.78 is 97.5.